The van der Waals surface area contributed by atoms with E-state index >= 15 is 0 Å². The molecular formula is C25H25BrO8S. The van der Waals surface area contributed by atoms with Crippen molar-refractivity contribution >= 4 is 33.7 Å². The number of hydrogen-bond acceptors (Lipinski definition) is 9. The van der Waals surface area contributed by atoms with Gasteiger partial charge in [0, 0.05) is 11.0 Å². The molecule has 0 spiro atoms. The van der Waals surface area contributed by atoms with Gasteiger partial charge in [0.1, 0.15) is 11.5 Å². The van der Waals surface area contributed by atoms with Gasteiger partial charge in [-0.1, -0.05) is 6.07 Å². The highest BCUT2D eigenvalue weighted by atomic mass is 79.9. The van der Waals surface area contributed by atoms with Crippen molar-refractivity contribution in [2.45, 2.75) is 23.0 Å². The van der Waals surface area contributed by atoms with Crippen molar-refractivity contribution in [3.05, 3.63) is 74.2 Å². The summed E-state index contributed by atoms with van der Waals surface area (Å²) in [5.41, 5.74) is -0.0575. The quantitative estimate of drug-likeness (QED) is 0.265. The van der Waals surface area contributed by atoms with Gasteiger partial charge in [-0.15, -0.1) is 11.8 Å². The van der Waals surface area contributed by atoms with Gasteiger partial charge in [-0.3, -0.25) is 9.59 Å². The van der Waals surface area contributed by atoms with Gasteiger partial charge in [0.25, 0.3) is 0 Å². The molecule has 8 nitrogen and oxygen atoms in total. The summed E-state index contributed by atoms with van der Waals surface area (Å²) in [6.45, 7) is 0. The number of thioether (sulfide) groups is 1. The fourth-order valence-electron chi connectivity index (χ4n) is 3.46. The van der Waals surface area contributed by atoms with Gasteiger partial charge in [0.2, 0.25) is 11.2 Å². The molecule has 186 valence electrons. The number of rotatable bonds is 10. The van der Waals surface area contributed by atoms with E-state index in [1.54, 1.807) is 19.2 Å². The number of benzene rings is 2. The zero-order chi connectivity index (χ0) is 25.5. The average Bonchev–Trinajstić information content (AvgIpc) is 2.87. The van der Waals surface area contributed by atoms with Crippen molar-refractivity contribution in [1.29, 1.82) is 0 Å². The van der Waals surface area contributed by atoms with E-state index in [2.05, 4.69) is 15.9 Å². The lowest BCUT2D eigenvalue weighted by molar-refractivity contribution is -0.140. The molecule has 0 unspecified atom stereocenters. The lowest BCUT2D eigenvalue weighted by Gasteiger charge is -2.20. The topological polar surface area (TPSA) is 104 Å². The van der Waals surface area contributed by atoms with Gasteiger partial charge in [-0.2, -0.15) is 0 Å². The zero-order valence-corrected chi connectivity index (χ0v) is 22.0. The van der Waals surface area contributed by atoms with Crippen LogP contribution in [0.1, 0.15) is 29.4 Å². The van der Waals surface area contributed by atoms with Crippen LogP contribution in [0.15, 0.2) is 61.0 Å². The van der Waals surface area contributed by atoms with Crippen LogP contribution in [0.5, 0.6) is 23.0 Å². The van der Waals surface area contributed by atoms with Crippen molar-refractivity contribution in [1.82, 2.24) is 0 Å². The Hall–Kier alpha value is -3.11. The van der Waals surface area contributed by atoms with Gasteiger partial charge in [-0.25, -0.2) is 0 Å². The summed E-state index contributed by atoms with van der Waals surface area (Å²) in [6, 6.07) is 12.1. The molecule has 0 saturated carbocycles. The molecule has 1 aromatic heterocycles. The highest BCUT2D eigenvalue weighted by Crippen LogP contribution is 2.42. The number of carbonyl (C=O) groups excluding carboxylic acids is 1. The molecule has 0 radical (unpaired) electrons. The van der Waals surface area contributed by atoms with Crippen LogP contribution in [0.2, 0.25) is 0 Å². The molecule has 3 aromatic rings. The smallest absolute Gasteiger partial charge is 0.306 e. The Morgan fingerprint density at radius 1 is 1.09 bits per heavy atom. The Morgan fingerprint density at radius 3 is 2.51 bits per heavy atom. The molecule has 2 aromatic carbocycles. The summed E-state index contributed by atoms with van der Waals surface area (Å²) in [5, 5.41) is 10.6. The predicted octanol–water partition coefficient (Wildman–Crippen LogP) is 5.12. The van der Waals surface area contributed by atoms with Crippen LogP contribution in [0, 0.1) is 0 Å². The van der Waals surface area contributed by atoms with Crippen LogP contribution < -0.4 is 19.6 Å². The standard InChI is InChI=1S/C25H25BrO8S/c1-30-15-6-5-7-17(10-15)35-13-16-11-20(27)23(29)24(34-16)18(12-22(28)32-3)14-8-19(26)25(33-4)21(9-14)31-2/h5-11,18,29H,12-13H2,1-4H3/t18-/m1/s1. The van der Waals surface area contributed by atoms with E-state index in [0.29, 0.717) is 38.8 Å². The minimum Gasteiger partial charge on any atom is -0.502 e. The second-order valence-electron chi connectivity index (χ2n) is 7.33. The Labute approximate surface area is 215 Å². The number of carbonyl (C=O) groups is 1. The Balaban J connectivity index is 2.04. The SMILES string of the molecule is COC(=O)C[C@H](c1cc(Br)c(OC)c(OC)c1)c1oc(CSc2cccc(OC)c2)cc(=O)c1O. The van der Waals surface area contributed by atoms with Crippen LogP contribution in [0.25, 0.3) is 0 Å². The minimum atomic E-state index is -0.826. The third-order valence-corrected chi connectivity index (χ3v) is 6.80. The van der Waals surface area contributed by atoms with E-state index in [4.69, 9.17) is 23.4 Å². The van der Waals surface area contributed by atoms with Crippen LogP contribution in [0.3, 0.4) is 0 Å². The lowest BCUT2D eigenvalue weighted by Crippen LogP contribution is -2.14. The van der Waals surface area contributed by atoms with E-state index in [-0.39, 0.29) is 12.2 Å². The summed E-state index contributed by atoms with van der Waals surface area (Å²) in [6.07, 6.45) is -0.179. The maximum absolute atomic E-state index is 12.6. The van der Waals surface area contributed by atoms with Crippen LogP contribution >= 0.6 is 27.7 Å². The van der Waals surface area contributed by atoms with Crippen LogP contribution in [-0.4, -0.2) is 39.5 Å². The number of aromatic hydroxyl groups is 1. The molecule has 0 saturated heterocycles. The number of hydrogen-bond donors (Lipinski definition) is 1. The molecule has 1 atom stereocenters. The fraction of sp³-hybridized carbons (Fsp3) is 0.280. The van der Waals surface area contributed by atoms with Crippen LogP contribution in [-0.2, 0) is 15.3 Å². The maximum atomic E-state index is 12.6. The molecule has 0 aliphatic heterocycles. The number of ether oxygens (including phenoxy) is 4. The Morgan fingerprint density at radius 2 is 1.86 bits per heavy atom. The third-order valence-electron chi connectivity index (χ3n) is 5.20. The first-order valence-electron chi connectivity index (χ1n) is 10.4. The van der Waals surface area contributed by atoms with Gasteiger partial charge in [0.15, 0.2) is 17.3 Å². The molecule has 1 N–H and O–H groups in total. The molecule has 0 aliphatic rings. The van der Waals surface area contributed by atoms with Crippen molar-refractivity contribution in [2.75, 3.05) is 28.4 Å². The second kappa shape index (κ2) is 12.0. The first-order valence-corrected chi connectivity index (χ1v) is 12.2. The van der Waals surface area contributed by atoms with E-state index in [1.165, 1.54) is 39.2 Å². The average molecular weight is 565 g/mol. The maximum Gasteiger partial charge on any atom is 0.306 e. The highest BCUT2D eigenvalue weighted by molar-refractivity contribution is 9.10. The molecular weight excluding hydrogens is 540 g/mol. The summed E-state index contributed by atoms with van der Waals surface area (Å²) >= 11 is 4.88. The van der Waals surface area contributed by atoms with Crippen molar-refractivity contribution < 1.29 is 33.3 Å². The summed E-state index contributed by atoms with van der Waals surface area (Å²) in [5.74, 6) is 0.247. The Kier molecular flexibility index (Phi) is 9.11. The van der Waals surface area contributed by atoms with E-state index in [1.807, 2.05) is 24.3 Å². The molecule has 0 aliphatic carbocycles. The molecule has 0 amide bonds. The third kappa shape index (κ3) is 6.32. The van der Waals surface area contributed by atoms with Crippen molar-refractivity contribution in [2.24, 2.45) is 0 Å². The van der Waals surface area contributed by atoms with Crippen LogP contribution in [0.4, 0.5) is 0 Å². The summed E-state index contributed by atoms with van der Waals surface area (Å²) in [4.78, 5) is 25.8. The molecule has 0 fully saturated rings. The molecule has 0 bridgehead atoms. The van der Waals surface area contributed by atoms with E-state index < -0.39 is 23.1 Å². The lowest BCUT2D eigenvalue weighted by atomic mass is 9.92. The second-order valence-corrected chi connectivity index (χ2v) is 9.23. The predicted molar refractivity (Wildman–Crippen MR) is 135 cm³/mol. The largest absolute Gasteiger partial charge is 0.502 e. The fourth-order valence-corrected chi connectivity index (χ4v) is 4.91. The van der Waals surface area contributed by atoms with Gasteiger partial charge < -0.3 is 28.5 Å². The highest BCUT2D eigenvalue weighted by Gasteiger charge is 2.28. The first kappa shape index (κ1) is 26.5. The Bertz CT molecular complexity index is 1260. The molecule has 35 heavy (non-hydrogen) atoms. The molecule has 10 heteroatoms. The number of esters is 1. The van der Waals surface area contributed by atoms with E-state index in [0.717, 1.165) is 4.90 Å². The summed E-state index contributed by atoms with van der Waals surface area (Å²) in [7, 11) is 5.84. The molecule has 3 rings (SSSR count). The molecule has 1 heterocycles. The van der Waals surface area contributed by atoms with Gasteiger partial charge >= 0.3 is 5.97 Å². The normalized spacial score (nSPS) is 11.6. The van der Waals surface area contributed by atoms with Crippen molar-refractivity contribution in [3.8, 4) is 23.0 Å². The van der Waals surface area contributed by atoms with Gasteiger partial charge in [-0.05, 0) is 51.8 Å². The summed E-state index contributed by atoms with van der Waals surface area (Å²) < 4.78 is 27.5. The van der Waals surface area contributed by atoms with Gasteiger partial charge in [0.05, 0.1) is 51.0 Å². The number of methoxy groups -OCH3 is 4. The minimum absolute atomic E-state index is 0.0386. The zero-order valence-electron chi connectivity index (χ0n) is 19.6. The monoisotopic (exact) mass is 564 g/mol. The first-order chi connectivity index (χ1) is 16.8. The number of halogens is 1. The van der Waals surface area contributed by atoms with Crippen molar-refractivity contribution in [3.63, 3.8) is 0 Å². The van der Waals surface area contributed by atoms with E-state index in [9.17, 15) is 14.7 Å².